The number of benzene rings is 3. The van der Waals surface area contributed by atoms with E-state index in [4.69, 9.17) is 9.90 Å². The van der Waals surface area contributed by atoms with Gasteiger partial charge in [0.15, 0.2) is 0 Å². The van der Waals surface area contributed by atoms with E-state index in [1.165, 1.54) is 0 Å². The van der Waals surface area contributed by atoms with Crippen LogP contribution in [0.25, 0.3) is 22.0 Å². The molecular formula is C38H38F3N5O6. The number of carboxylic acids is 2. The van der Waals surface area contributed by atoms with Gasteiger partial charge in [0.25, 0.3) is 0 Å². The van der Waals surface area contributed by atoms with Crippen LogP contribution in [-0.4, -0.2) is 62.7 Å². The number of anilines is 1. The lowest BCUT2D eigenvalue weighted by molar-refractivity contribution is -0.192. The van der Waals surface area contributed by atoms with Gasteiger partial charge >= 0.3 is 18.1 Å². The van der Waals surface area contributed by atoms with Gasteiger partial charge in [-0.15, -0.1) is 0 Å². The van der Waals surface area contributed by atoms with Crippen LogP contribution in [0.5, 0.6) is 0 Å². The predicted molar refractivity (Wildman–Crippen MR) is 189 cm³/mol. The number of carboxylic acid groups (broad SMARTS) is 2. The topological polar surface area (TPSA) is 174 Å². The number of hydrogen-bond donors (Lipinski definition) is 6. The lowest BCUT2D eigenvalue weighted by atomic mass is 9.98. The van der Waals surface area contributed by atoms with Crippen LogP contribution in [-0.2, 0) is 25.6 Å². The highest BCUT2D eigenvalue weighted by atomic mass is 19.4. The number of carbonyl (C=O) groups is 4. The second-order valence-corrected chi connectivity index (χ2v) is 11.8. The maximum absolute atomic E-state index is 13.7. The number of pyridine rings is 1. The molecular weight excluding hydrogens is 679 g/mol. The summed E-state index contributed by atoms with van der Waals surface area (Å²) in [6.07, 6.45) is -1.81. The Kier molecular flexibility index (Phi) is 13.9. The number of aromatic nitrogens is 2. The van der Waals surface area contributed by atoms with E-state index in [0.29, 0.717) is 18.5 Å². The van der Waals surface area contributed by atoms with Gasteiger partial charge < -0.3 is 31.1 Å². The maximum Gasteiger partial charge on any atom is 0.490 e. The van der Waals surface area contributed by atoms with Crippen molar-refractivity contribution in [2.45, 2.75) is 50.4 Å². The summed E-state index contributed by atoms with van der Waals surface area (Å²) in [6.45, 7) is 0.670. The smallest absolute Gasteiger partial charge is 0.481 e. The number of fused-ring (bicyclic) bond motifs is 1. The largest absolute Gasteiger partial charge is 0.490 e. The maximum atomic E-state index is 13.7. The molecule has 2 amide bonds. The molecule has 1 unspecified atom stereocenters. The van der Waals surface area contributed by atoms with E-state index in [0.717, 1.165) is 40.0 Å². The second kappa shape index (κ2) is 18.7. The van der Waals surface area contributed by atoms with Gasteiger partial charge in [-0.25, -0.2) is 9.78 Å². The number of hydrogen-bond acceptors (Lipinski definition) is 6. The Labute approximate surface area is 297 Å². The molecule has 0 aliphatic carbocycles. The second-order valence-electron chi connectivity index (χ2n) is 11.8. The summed E-state index contributed by atoms with van der Waals surface area (Å²) in [7, 11) is 0. The van der Waals surface area contributed by atoms with Gasteiger partial charge in [-0.3, -0.25) is 14.4 Å². The Morgan fingerprint density at radius 2 is 1.44 bits per heavy atom. The highest BCUT2D eigenvalue weighted by molar-refractivity contribution is 5.89. The molecule has 0 saturated carbocycles. The molecule has 3 aromatic carbocycles. The van der Waals surface area contributed by atoms with E-state index in [1.807, 2.05) is 103 Å². The summed E-state index contributed by atoms with van der Waals surface area (Å²) in [5, 5.41) is 26.8. The number of nitrogens with zero attached hydrogens (tertiary/aromatic N) is 1. The van der Waals surface area contributed by atoms with Crippen LogP contribution in [0.4, 0.5) is 19.0 Å². The zero-order valence-electron chi connectivity index (χ0n) is 27.9. The zero-order chi connectivity index (χ0) is 37.5. The Morgan fingerprint density at radius 1 is 0.788 bits per heavy atom. The lowest BCUT2D eigenvalue weighted by Crippen LogP contribution is -2.49. The molecule has 11 nitrogen and oxygen atoms in total. The van der Waals surface area contributed by atoms with Crippen molar-refractivity contribution in [3.8, 4) is 11.1 Å². The van der Waals surface area contributed by atoms with E-state index in [1.54, 1.807) is 6.20 Å². The number of halogens is 3. The standard InChI is InChI=1S/C36H37N5O4.C2HF3O2/c42-34(15-7-9-21-38-33-14-6-8-20-37-33)40-32(23-29-22-28-12-4-5-13-30(28)39-29)36(45)41-31(24-35(43)44)27-18-16-26(17-19-27)25-10-2-1-3-11-25;3-2(4,5)1(6)7/h1-6,8,10-14,16-20,22,31-32,39H,7,9,15,21,23-24H2,(H,37,38)(H,40,42)(H,41,45)(H,43,44);(H,6,7)/t31?,32-;/m1./s1. The predicted octanol–water partition coefficient (Wildman–Crippen LogP) is 6.51. The third kappa shape index (κ3) is 12.3. The van der Waals surface area contributed by atoms with Crippen LogP contribution in [0.3, 0.4) is 0 Å². The van der Waals surface area contributed by atoms with Gasteiger partial charge in [-0.05, 0) is 59.2 Å². The molecule has 0 aliphatic rings. The fraction of sp³-hybridized carbons (Fsp3) is 0.237. The molecule has 52 heavy (non-hydrogen) atoms. The molecule has 0 radical (unpaired) electrons. The molecule has 5 rings (SSSR count). The first-order valence-electron chi connectivity index (χ1n) is 16.4. The average Bonchev–Trinajstić information content (AvgIpc) is 3.54. The summed E-state index contributed by atoms with van der Waals surface area (Å²) in [6, 6.07) is 31.1. The molecule has 2 heterocycles. The zero-order valence-corrected chi connectivity index (χ0v) is 27.9. The number of amides is 2. The van der Waals surface area contributed by atoms with E-state index < -0.39 is 36.1 Å². The Morgan fingerprint density at radius 3 is 2.08 bits per heavy atom. The SMILES string of the molecule is O=C(O)C(F)(F)F.O=C(O)CC(NC(=O)[C@@H](Cc1cc2ccccc2[nH]1)NC(=O)CCCCNc1ccccn1)c1ccc(-c2ccccc2)cc1. The first-order chi connectivity index (χ1) is 24.9. The van der Waals surface area contributed by atoms with Gasteiger partial charge in [-0.1, -0.05) is 78.9 Å². The van der Waals surface area contributed by atoms with Crippen molar-refractivity contribution in [3.05, 3.63) is 121 Å². The van der Waals surface area contributed by atoms with E-state index in [2.05, 4.69) is 25.9 Å². The summed E-state index contributed by atoms with van der Waals surface area (Å²) in [5.74, 6) is -3.71. The quantitative estimate of drug-likeness (QED) is 0.0666. The minimum atomic E-state index is -5.08. The molecule has 0 aliphatic heterocycles. The van der Waals surface area contributed by atoms with Crippen LogP contribution in [0.15, 0.2) is 109 Å². The number of rotatable bonds is 15. The Bertz CT molecular complexity index is 1890. The Balaban J connectivity index is 0.000000785. The van der Waals surface area contributed by atoms with Gasteiger partial charge in [-0.2, -0.15) is 13.2 Å². The van der Waals surface area contributed by atoms with Crippen molar-refractivity contribution in [1.82, 2.24) is 20.6 Å². The monoisotopic (exact) mass is 717 g/mol. The molecule has 0 spiro atoms. The molecule has 2 atom stereocenters. The van der Waals surface area contributed by atoms with Crippen molar-refractivity contribution in [1.29, 1.82) is 0 Å². The van der Waals surface area contributed by atoms with Gasteiger partial charge in [0, 0.05) is 36.8 Å². The number of H-pyrrole nitrogens is 1. The summed E-state index contributed by atoms with van der Waals surface area (Å²) in [4.78, 5) is 55.0. The van der Waals surface area contributed by atoms with Gasteiger partial charge in [0.2, 0.25) is 11.8 Å². The summed E-state index contributed by atoms with van der Waals surface area (Å²) < 4.78 is 31.7. The molecule has 14 heteroatoms. The fourth-order valence-electron chi connectivity index (χ4n) is 5.27. The number of alkyl halides is 3. The molecule has 2 aromatic heterocycles. The van der Waals surface area contributed by atoms with Crippen LogP contribution in [0, 0.1) is 0 Å². The highest BCUT2D eigenvalue weighted by Crippen LogP contribution is 2.24. The van der Waals surface area contributed by atoms with Crippen molar-refractivity contribution in [2.75, 3.05) is 11.9 Å². The molecule has 0 bridgehead atoms. The van der Waals surface area contributed by atoms with Crippen molar-refractivity contribution < 1.29 is 42.6 Å². The van der Waals surface area contributed by atoms with E-state index >= 15 is 0 Å². The lowest BCUT2D eigenvalue weighted by Gasteiger charge is -2.23. The highest BCUT2D eigenvalue weighted by Gasteiger charge is 2.38. The number of para-hydroxylation sites is 1. The van der Waals surface area contributed by atoms with Crippen molar-refractivity contribution in [2.24, 2.45) is 0 Å². The summed E-state index contributed by atoms with van der Waals surface area (Å²) >= 11 is 0. The average molecular weight is 718 g/mol. The molecule has 0 saturated heterocycles. The van der Waals surface area contributed by atoms with Gasteiger partial charge in [0.1, 0.15) is 11.9 Å². The minimum absolute atomic E-state index is 0.222. The van der Waals surface area contributed by atoms with Crippen LogP contribution < -0.4 is 16.0 Å². The first-order valence-corrected chi connectivity index (χ1v) is 16.4. The Hall–Kier alpha value is -6.18. The number of carbonyl (C=O) groups excluding carboxylic acids is 2. The third-order valence-electron chi connectivity index (χ3n) is 7.82. The summed E-state index contributed by atoms with van der Waals surface area (Å²) in [5.41, 5.74) is 4.41. The number of nitrogens with one attached hydrogen (secondary N) is 4. The first kappa shape index (κ1) is 38.6. The molecule has 0 fully saturated rings. The number of aliphatic carboxylic acids is 2. The van der Waals surface area contributed by atoms with Crippen molar-refractivity contribution >= 4 is 40.5 Å². The van der Waals surface area contributed by atoms with Crippen molar-refractivity contribution in [3.63, 3.8) is 0 Å². The number of aromatic amines is 1. The minimum Gasteiger partial charge on any atom is -0.481 e. The molecule has 5 aromatic rings. The van der Waals surface area contributed by atoms with E-state index in [9.17, 15) is 32.7 Å². The third-order valence-corrected chi connectivity index (χ3v) is 7.82. The van der Waals surface area contributed by atoms with Crippen LogP contribution >= 0.6 is 0 Å². The number of unbranched alkanes of at least 4 members (excludes halogenated alkanes) is 1. The van der Waals surface area contributed by atoms with Crippen LogP contribution in [0.1, 0.15) is 43.0 Å². The fourth-order valence-corrected chi connectivity index (χ4v) is 5.27. The van der Waals surface area contributed by atoms with E-state index in [-0.39, 0.29) is 25.2 Å². The van der Waals surface area contributed by atoms with Gasteiger partial charge in [0.05, 0.1) is 12.5 Å². The molecule has 6 N–H and O–H groups in total. The normalized spacial score (nSPS) is 12.1. The van der Waals surface area contributed by atoms with Crippen LogP contribution in [0.2, 0.25) is 0 Å². The molecule has 272 valence electrons.